The van der Waals surface area contributed by atoms with Crippen LogP contribution in [0.25, 0.3) is 0 Å². The molecule has 0 spiro atoms. The first-order valence-electron chi connectivity index (χ1n) is 7.80. The van der Waals surface area contributed by atoms with Crippen molar-refractivity contribution in [1.29, 1.82) is 0 Å². The number of amides is 1. The van der Waals surface area contributed by atoms with Crippen molar-refractivity contribution < 1.29 is 14.7 Å². The quantitative estimate of drug-likeness (QED) is 0.644. The van der Waals surface area contributed by atoms with Gasteiger partial charge in [-0.05, 0) is 32.1 Å². The molecule has 0 aromatic heterocycles. The molecule has 2 N–H and O–H groups in total. The Balaban J connectivity index is 4.29. The molecular weight excluding hydrogens is 254 g/mol. The summed E-state index contributed by atoms with van der Waals surface area (Å²) in [5.41, 5.74) is -0.915. The molecule has 0 aliphatic rings. The second-order valence-electron chi connectivity index (χ2n) is 6.26. The summed E-state index contributed by atoms with van der Waals surface area (Å²) < 4.78 is 0. The van der Waals surface area contributed by atoms with Crippen LogP contribution in [0.3, 0.4) is 0 Å². The molecule has 0 saturated carbocycles. The largest absolute Gasteiger partial charge is 0.481 e. The molecule has 0 aliphatic heterocycles. The van der Waals surface area contributed by atoms with Gasteiger partial charge in [0.15, 0.2) is 0 Å². The zero-order valence-electron chi connectivity index (χ0n) is 13.7. The smallest absolute Gasteiger partial charge is 0.310 e. The molecule has 118 valence electrons. The van der Waals surface area contributed by atoms with E-state index in [2.05, 4.69) is 19.2 Å². The number of hydrogen-bond acceptors (Lipinski definition) is 2. The summed E-state index contributed by atoms with van der Waals surface area (Å²) in [6, 6.07) is 0.112. The fraction of sp³-hybridized carbons (Fsp3) is 0.875. The van der Waals surface area contributed by atoms with Crippen LogP contribution in [-0.4, -0.2) is 23.0 Å². The number of rotatable bonds is 10. The van der Waals surface area contributed by atoms with Gasteiger partial charge in [0.2, 0.25) is 5.91 Å². The molecular formula is C16H31NO3. The van der Waals surface area contributed by atoms with Crippen molar-refractivity contribution >= 4 is 11.9 Å². The Hall–Kier alpha value is -1.06. The van der Waals surface area contributed by atoms with E-state index < -0.39 is 11.4 Å². The van der Waals surface area contributed by atoms with E-state index in [0.29, 0.717) is 18.8 Å². The van der Waals surface area contributed by atoms with Crippen LogP contribution in [0.4, 0.5) is 0 Å². The first-order valence-corrected chi connectivity index (χ1v) is 7.80. The molecule has 0 fully saturated rings. The van der Waals surface area contributed by atoms with Crippen LogP contribution in [0.5, 0.6) is 0 Å². The summed E-state index contributed by atoms with van der Waals surface area (Å²) >= 11 is 0. The lowest BCUT2D eigenvalue weighted by Gasteiger charge is -2.26. The van der Waals surface area contributed by atoms with Gasteiger partial charge < -0.3 is 10.4 Å². The van der Waals surface area contributed by atoms with E-state index in [1.54, 1.807) is 0 Å². The lowest BCUT2D eigenvalue weighted by molar-refractivity contribution is -0.152. The van der Waals surface area contributed by atoms with Gasteiger partial charge in [0.05, 0.1) is 5.41 Å². The topological polar surface area (TPSA) is 66.4 Å². The SMILES string of the molecule is CCC(CC)(CC(=O)NC(C)CCCC(C)C)C(=O)O. The third-order valence-corrected chi connectivity index (χ3v) is 4.13. The van der Waals surface area contributed by atoms with Gasteiger partial charge in [0.25, 0.3) is 0 Å². The predicted octanol–water partition coefficient (Wildman–Crippen LogP) is 3.60. The molecule has 0 radical (unpaired) electrons. The second kappa shape index (κ2) is 8.98. The zero-order valence-corrected chi connectivity index (χ0v) is 13.7. The fourth-order valence-corrected chi connectivity index (χ4v) is 2.42. The molecule has 4 nitrogen and oxygen atoms in total. The van der Waals surface area contributed by atoms with Crippen LogP contribution < -0.4 is 5.32 Å². The Labute approximate surface area is 123 Å². The summed E-state index contributed by atoms with van der Waals surface area (Å²) in [4.78, 5) is 23.4. The molecule has 0 saturated heterocycles. The van der Waals surface area contributed by atoms with Crippen LogP contribution in [0.15, 0.2) is 0 Å². The summed E-state index contributed by atoms with van der Waals surface area (Å²) in [5.74, 6) is -0.337. The summed E-state index contributed by atoms with van der Waals surface area (Å²) in [6.07, 6.45) is 4.22. The van der Waals surface area contributed by atoms with Crippen molar-refractivity contribution in [2.45, 2.75) is 79.2 Å². The molecule has 0 aromatic carbocycles. The fourth-order valence-electron chi connectivity index (χ4n) is 2.42. The second-order valence-corrected chi connectivity index (χ2v) is 6.26. The van der Waals surface area contributed by atoms with E-state index in [-0.39, 0.29) is 18.4 Å². The van der Waals surface area contributed by atoms with Gasteiger partial charge in [0, 0.05) is 12.5 Å². The van der Waals surface area contributed by atoms with Gasteiger partial charge in [-0.2, -0.15) is 0 Å². The Bertz CT molecular complexity index is 309. The Morgan fingerprint density at radius 1 is 1.10 bits per heavy atom. The number of carbonyl (C=O) groups excluding carboxylic acids is 1. The van der Waals surface area contributed by atoms with Crippen LogP contribution in [0, 0.1) is 11.3 Å². The molecule has 0 aliphatic carbocycles. The maximum absolute atomic E-state index is 12.0. The number of carboxylic acids is 1. The Morgan fingerprint density at radius 3 is 2.05 bits per heavy atom. The first kappa shape index (κ1) is 18.9. The minimum atomic E-state index is -0.915. The lowest BCUT2D eigenvalue weighted by Crippen LogP contribution is -2.40. The van der Waals surface area contributed by atoms with Crippen molar-refractivity contribution in [1.82, 2.24) is 5.32 Å². The highest BCUT2D eigenvalue weighted by Gasteiger charge is 2.37. The number of hydrogen-bond donors (Lipinski definition) is 2. The summed E-state index contributed by atoms with van der Waals surface area (Å²) in [7, 11) is 0. The molecule has 1 atom stereocenters. The van der Waals surface area contributed by atoms with Gasteiger partial charge in [-0.3, -0.25) is 9.59 Å². The van der Waals surface area contributed by atoms with Crippen LogP contribution >= 0.6 is 0 Å². The normalized spacial score (nSPS) is 13.3. The molecule has 0 rings (SSSR count). The summed E-state index contributed by atoms with van der Waals surface area (Å²) in [6.45, 7) is 10.0. The van der Waals surface area contributed by atoms with Crippen molar-refractivity contribution in [3.05, 3.63) is 0 Å². The molecule has 1 amide bonds. The van der Waals surface area contributed by atoms with Gasteiger partial charge >= 0.3 is 5.97 Å². The highest BCUT2D eigenvalue weighted by Crippen LogP contribution is 2.30. The number of carboxylic acid groups (broad SMARTS) is 1. The molecule has 0 heterocycles. The van der Waals surface area contributed by atoms with Crippen molar-refractivity contribution in [2.75, 3.05) is 0 Å². The third kappa shape index (κ3) is 6.40. The van der Waals surface area contributed by atoms with Crippen LogP contribution in [-0.2, 0) is 9.59 Å². The van der Waals surface area contributed by atoms with Crippen molar-refractivity contribution in [2.24, 2.45) is 11.3 Å². The third-order valence-electron chi connectivity index (χ3n) is 4.13. The standard InChI is InChI=1S/C16H31NO3/c1-6-16(7-2,15(19)20)11-14(18)17-13(5)10-8-9-12(3)4/h12-13H,6-11H2,1-5H3,(H,17,18)(H,19,20). The molecule has 4 heteroatoms. The summed E-state index contributed by atoms with van der Waals surface area (Å²) in [5, 5.41) is 12.3. The minimum absolute atomic E-state index is 0.0733. The zero-order chi connectivity index (χ0) is 15.8. The maximum atomic E-state index is 12.0. The minimum Gasteiger partial charge on any atom is -0.481 e. The first-order chi connectivity index (χ1) is 9.27. The highest BCUT2D eigenvalue weighted by molar-refractivity contribution is 5.85. The van der Waals surface area contributed by atoms with Gasteiger partial charge in [-0.1, -0.05) is 40.5 Å². The monoisotopic (exact) mass is 285 g/mol. The van der Waals surface area contributed by atoms with Crippen molar-refractivity contribution in [3.8, 4) is 0 Å². The number of aliphatic carboxylic acids is 1. The van der Waals surface area contributed by atoms with Gasteiger partial charge in [0.1, 0.15) is 0 Å². The van der Waals surface area contributed by atoms with E-state index >= 15 is 0 Å². The van der Waals surface area contributed by atoms with Crippen LogP contribution in [0.2, 0.25) is 0 Å². The van der Waals surface area contributed by atoms with E-state index in [1.807, 2.05) is 20.8 Å². The molecule has 1 unspecified atom stereocenters. The maximum Gasteiger partial charge on any atom is 0.310 e. The average Bonchev–Trinajstić information content (AvgIpc) is 2.35. The predicted molar refractivity (Wildman–Crippen MR) is 81.6 cm³/mol. The Morgan fingerprint density at radius 2 is 1.65 bits per heavy atom. The number of nitrogens with one attached hydrogen (secondary N) is 1. The van der Waals surface area contributed by atoms with E-state index in [0.717, 1.165) is 19.3 Å². The van der Waals surface area contributed by atoms with E-state index in [4.69, 9.17) is 0 Å². The molecule has 0 aromatic rings. The van der Waals surface area contributed by atoms with Gasteiger partial charge in [-0.25, -0.2) is 0 Å². The highest BCUT2D eigenvalue weighted by atomic mass is 16.4. The lowest BCUT2D eigenvalue weighted by atomic mass is 9.79. The number of carbonyl (C=O) groups is 2. The average molecular weight is 285 g/mol. The molecule has 20 heavy (non-hydrogen) atoms. The van der Waals surface area contributed by atoms with E-state index in [1.165, 1.54) is 0 Å². The molecule has 0 bridgehead atoms. The van der Waals surface area contributed by atoms with Crippen molar-refractivity contribution in [3.63, 3.8) is 0 Å². The Kier molecular flexibility index (Phi) is 8.51. The van der Waals surface area contributed by atoms with Crippen LogP contribution in [0.1, 0.15) is 73.1 Å². The van der Waals surface area contributed by atoms with Gasteiger partial charge in [-0.15, -0.1) is 0 Å². The van der Waals surface area contributed by atoms with E-state index in [9.17, 15) is 14.7 Å².